The lowest BCUT2D eigenvalue weighted by molar-refractivity contribution is -0.122. The summed E-state index contributed by atoms with van der Waals surface area (Å²) in [7, 11) is 0. The lowest BCUT2D eigenvalue weighted by atomic mass is 10.1. The Morgan fingerprint density at radius 1 is 1.23 bits per heavy atom. The van der Waals surface area contributed by atoms with E-state index >= 15 is 0 Å². The number of rotatable bonds is 4. The van der Waals surface area contributed by atoms with Gasteiger partial charge in [-0.2, -0.15) is 0 Å². The number of amidine groups is 1. The summed E-state index contributed by atoms with van der Waals surface area (Å²) in [5, 5.41) is 6.07. The van der Waals surface area contributed by atoms with Gasteiger partial charge in [0, 0.05) is 17.1 Å². The van der Waals surface area contributed by atoms with Gasteiger partial charge in [0.1, 0.15) is 5.25 Å². The van der Waals surface area contributed by atoms with Crippen LogP contribution in [-0.4, -0.2) is 22.2 Å². The molecular formula is C19H18ClN3O2S. The first-order valence-corrected chi connectivity index (χ1v) is 9.36. The molecule has 3 rings (SSSR count). The third-order valence-corrected chi connectivity index (χ3v) is 5.23. The number of para-hydroxylation sites is 1. The molecule has 5 nitrogen and oxygen atoms in total. The summed E-state index contributed by atoms with van der Waals surface area (Å²) in [6.07, 6.45) is 0.0643. The molecule has 1 aliphatic rings. The van der Waals surface area contributed by atoms with Gasteiger partial charge in [0.15, 0.2) is 5.17 Å². The Balaban J connectivity index is 1.66. The zero-order valence-corrected chi connectivity index (χ0v) is 15.9. The highest BCUT2D eigenvalue weighted by Gasteiger charge is 2.32. The first kappa shape index (κ1) is 18.5. The normalized spacial score (nSPS) is 18.0. The fourth-order valence-corrected chi connectivity index (χ4v) is 3.79. The molecule has 1 atom stereocenters. The Morgan fingerprint density at radius 3 is 2.62 bits per heavy atom. The van der Waals surface area contributed by atoms with Gasteiger partial charge in [-0.25, -0.2) is 4.99 Å². The van der Waals surface area contributed by atoms with Gasteiger partial charge in [0.2, 0.25) is 11.8 Å². The maximum atomic E-state index is 12.2. The highest BCUT2D eigenvalue weighted by molar-refractivity contribution is 8.15. The van der Waals surface area contributed by atoms with Crippen molar-refractivity contribution in [2.24, 2.45) is 4.99 Å². The van der Waals surface area contributed by atoms with E-state index in [1.54, 1.807) is 24.3 Å². The largest absolute Gasteiger partial charge is 0.326 e. The van der Waals surface area contributed by atoms with Gasteiger partial charge in [-0.1, -0.05) is 47.6 Å². The minimum Gasteiger partial charge on any atom is -0.326 e. The summed E-state index contributed by atoms with van der Waals surface area (Å²) >= 11 is 7.18. The Morgan fingerprint density at radius 2 is 1.92 bits per heavy atom. The molecule has 26 heavy (non-hydrogen) atoms. The number of halogens is 1. The van der Waals surface area contributed by atoms with Crippen LogP contribution in [0.25, 0.3) is 0 Å². The number of aliphatic imine (C=N–C) groups is 1. The Kier molecular flexibility index (Phi) is 5.64. The zero-order chi connectivity index (χ0) is 18.7. The summed E-state index contributed by atoms with van der Waals surface area (Å²) in [6, 6.07) is 12.8. The van der Waals surface area contributed by atoms with Crippen molar-refractivity contribution in [1.29, 1.82) is 0 Å². The molecule has 0 bridgehead atoms. The molecule has 1 aliphatic heterocycles. The van der Waals surface area contributed by atoms with Gasteiger partial charge < -0.3 is 10.6 Å². The lowest BCUT2D eigenvalue weighted by Crippen LogP contribution is -2.28. The number of amides is 2. The number of nitrogens with zero attached hydrogens (tertiary/aromatic N) is 1. The van der Waals surface area contributed by atoms with Gasteiger partial charge in [-0.05, 0) is 43.2 Å². The SMILES string of the molecule is Cc1cccc(C)c1N=C1NC(=O)[C@H](CC(=O)Nc2cccc(Cl)c2)S1. The van der Waals surface area contributed by atoms with E-state index in [0.717, 1.165) is 16.8 Å². The molecule has 2 N–H and O–H groups in total. The number of nitrogens with one attached hydrogen (secondary N) is 2. The van der Waals surface area contributed by atoms with Crippen LogP contribution < -0.4 is 10.6 Å². The average Bonchev–Trinajstić information content (AvgIpc) is 2.90. The lowest BCUT2D eigenvalue weighted by Gasteiger charge is -2.07. The second-order valence-electron chi connectivity index (χ2n) is 6.02. The molecule has 0 unspecified atom stereocenters. The molecule has 2 amide bonds. The predicted molar refractivity (Wildman–Crippen MR) is 107 cm³/mol. The Bertz CT molecular complexity index is 878. The van der Waals surface area contributed by atoms with Crippen LogP contribution in [-0.2, 0) is 9.59 Å². The summed E-state index contributed by atoms with van der Waals surface area (Å²) in [6.45, 7) is 3.95. The molecule has 2 aromatic rings. The van der Waals surface area contributed by atoms with E-state index in [2.05, 4.69) is 15.6 Å². The van der Waals surface area contributed by atoms with Crippen molar-refractivity contribution < 1.29 is 9.59 Å². The maximum Gasteiger partial charge on any atom is 0.240 e. The molecule has 7 heteroatoms. The molecule has 0 aliphatic carbocycles. The number of carbonyl (C=O) groups excluding carboxylic acids is 2. The summed E-state index contributed by atoms with van der Waals surface area (Å²) in [4.78, 5) is 28.9. The van der Waals surface area contributed by atoms with Crippen molar-refractivity contribution in [1.82, 2.24) is 5.32 Å². The number of hydrogen-bond acceptors (Lipinski definition) is 4. The van der Waals surface area contributed by atoms with Crippen LogP contribution in [0.2, 0.25) is 5.02 Å². The smallest absolute Gasteiger partial charge is 0.240 e. The van der Waals surface area contributed by atoms with Gasteiger partial charge in [-0.15, -0.1) is 0 Å². The van der Waals surface area contributed by atoms with Crippen molar-refractivity contribution in [3.05, 3.63) is 58.6 Å². The second kappa shape index (κ2) is 7.93. The number of benzene rings is 2. The van der Waals surface area contributed by atoms with Crippen molar-refractivity contribution >= 4 is 51.7 Å². The van der Waals surface area contributed by atoms with Gasteiger partial charge in [-0.3, -0.25) is 9.59 Å². The van der Waals surface area contributed by atoms with E-state index in [1.165, 1.54) is 11.8 Å². The summed E-state index contributed by atoms with van der Waals surface area (Å²) < 4.78 is 0. The third-order valence-electron chi connectivity index (χ3n) is 3.91. The van der Waals surface area contributed by atoms with Crippen LogP contribution in [0, 0.1) is 13.8 Å². The quantitative estimate of drug-likeness (QED) is 0.825. The summed E-state index contributed by atoms with van der Waals surface area (Å²) in [5.41, 5.74) is 3.53. The molecule has 0 saturated carbocycles. The van der Waals surface area contributed by atoms with Crippen LogP contribution >= 0.6 is 23.4 Å². The predicted octanol–water partition coefficient (Wildman–Crippen LogP) is 4.20. The van der Waals surface area contributed by atoms with Crippen LogP contribution in [0.1, 0.15) is 17.5 Å². The molecule has 2 aromatic carbocycles. The molecule has 134 valence electrons. The fourth-order valence-electron chi connectivity index (χ4n) is 2.62. The van der Waals surface area contributed by atoms with Crippen LogP contribution in [0.3, 0.4) is 0 Å². The van der Waals surface area contributed by atoms with Crippen molar-refractivity contribution in [2.45, 2.75) is 25.5 Å². The topological polar surface area (TPSA) is 70.6 Å². The standard InChI is InChI=1S/C19H18ClN3O2S/c1-11-5-3-6-12(2)17(11)22-19-23-18(25)15(26-19)10-16(24)21-14-8-4-7-13(20)9-14/h3-9,15H,10H2,1-2H3,(H,21,24)(H,22,23,25)/t15-/m0/s1. The maximum absolute atomic E-state index is 12.2. The Hall–Kier alpha value is -2.31. The highest BCUT2D eigenvalue weighted by atomic mass is 35.5. The van der Waals surface area contributed by atoms with E-state index in [0.29, 0.717) is 15.9 Å². The van der Waals surface area contributed by atoms with E-state index in [9.17, 15) is 9.59 Å². The zero-order valence-electron chi connectivity index (χ0n) is 14.4. The van der Waals surface area contributed by atoms with Gasteiger partial charge >= 0.3 is 0 Å². The summed E-state index contributed by atoms with van der Waals surface area (Å²) in [5.74, 6) is -0.450. The van der Waals surface area contributed by atoms with E-state index in [-0.39, 0.29) is 18.2 Å². The van der Waals surface area contributed by atoms with E-state index in [1.807, 2.05) is 32.0 Å². The molecular weight excluding hydrogens is 370 g/mol. The average molecular weight is 388 g/mol. The van der Waals surface area contributed by atoms with Gasteiger partial charge in [0.05, 0.1) is 5.69 Å². The highest BCUT2D eigenvalue weighted by Crippen LogP contribution is 2.29. The minimum absolute atomic E-state index is 0.0643. The molecule has 0 spiro atoms. The van der Waals surface area contributed by atoms with Crippen LogP contribution in [0.4, 0.5) is 11.4 Å². The fraction of sp³-hybridized carbons (Fsp3) is 0.211. The van der Waals surface area contributed by atoms with Gasteiger partial charge in [0.25, 0.3) is 0 Å². The number of thioether (sulfide) groups is 1. The molecule has 0 aromatic heterocycles. The van der Waals surface area contributed by atoms with Crippen molar-refractivity contribution in [3.63, 3.8) is 0 Å². The Labute approximate surface area is 161 Å². The molecule has 1 saturated heterocycles. The van der Waals surface area contributed by atoms with E-state index in [4.69, 9.17) is 11.6 Å². The third kappa shape index (κ3) is 4.45. The number of hydrogen-bond donors (Lipinski definition) is 2. The number of anilines is 1. The molecule has 1 heterocycles. The van der Waals surface area contributed by atoms with E-state index < -0.39 is 5.25 Å². The first-order chi connectivity index (χ1) is 12.4. The molecule has 0 radical (unpaired) electrons. The van der Waals surface area contributed by atoms with Crippen molar-refractivity contribution in [2.75, 3.05) is 5.32 Å². The first-order valence-electron chi connectivity index (χ1n) is 8.10. The monoisotopic (exact) mass is 387 g/mol. The van der Waals surface area contributed by atoms with Crippen molar-refractivity contribution in [3.8, 4) is 0 Å². The number of aryl methyl sites for hydroxylation is 2. The molecule has 1 fully saturated rings. The van der Waals surface area contributed by atoms with Crippen LogP contribution in [0.15, 0.2) is 47.5 Å². The minimum atomic E-state index is -0.503. The number of carbonyl (C=O) groups is 2. The van der Waals surface area contributed by atoms with Crippen LogP contribution in [0.5, 0.6) is 0 Å². The second-order valence-corrected chi connectivity index (χ2v) is 7.64.